The van der Waals surface area contributed by atoms with Gasteiger partial charge >= 0.3 is 5.92 Å². The van der Waals surface area contributed by atoms with Gasteiger partial charge in [-0.05, 0) is 12.1 Å². The highest BCUT2D eigenvalue weighted by molar-refractivity contribution is 6.29. The van der Waals surface area contributed by atoms with Gasteiger partial charge in [0.05, 0.1) is 0 Å². The molecule has 0 saturated carbocycles. The van der Waals surface area contributed by atoms with Crippen molar-refractivity contribution in [2.24, 2.45) is 0 Å². The number of amides is 1. The van der Waals surface area contributed by atoms with E-state index < -0.39 is 18.3 Å². The van der Waals surface area contributed by atoms with E-state index >= 15 is 0 Å². The van der Waals surface area contributed by atoms with Gasteiger partial charge in [-0.15, -0.1) is 0 Å². The van der Waals surface area contributed by atoms with Gasteiger partial charge in [0.2, 0.25) is 0 Å². The topological polar surface area (TPSA) is 42.0 Å². The van der Waals surface area contributed by atoms with Crippen LogP contribution in [-0.4, -0.2) is 16.8 Å². The molecule has 1 amide bonds. The number of nitrogens with one attached hydrogen (secondary N) is 1. The van der Waals surface area contributed by atoms with E-state index in [1.54, 1.807) is 0 Å². The summed E-state index contributed by atoms with van der Waals surface area (Å²) in [6.07, 6.45) is 0.777. The van der Waals surface area contributed by atoms with Crippen molar-refractivity contribution in [1.29, 1.82) is 0 Å². The summed E-state index contributed by atoms with van der Waals surface area (Å²) in [4.78, 5) is 14.7. The summed E-state index contributed by atoms with van der Waals surface area (Å²) in [5, 5.41) is 2.19. The fraction of sp³-hybridized carbons (Fsp3) is 0.333. The van der Waals surface area contributed by atoms with Crippen molar-refractivity contribution in [2.45, 2.75) is 19.3 Å². The molecule has 0 saturated heterocycles. The summed E-state index contributed by atoms with van der Waals surface area (Å²) in [5.74, 6) is -4.71. The van der Waals surface area contributed by atoms with Crippen molar-refractivity contribution in [2.75, 3.05) is 5.32 Å². The number of hydrogen-bond acceptors (Lipinski definition) is 2. The van der Waals surface area contributed by atoms with E-state index in [0.717, 1.165) is 0 Å². The molecule has 82 valence electrons. The molecule has 1 aromatic heterocycles. The molecule has 3 nitrogen and oxygen atoms in total. The van der Waals surface area contributed by atoms with Crippen LogP contribution in [0.4, 0.5) is 14.5 Å². The van der Waals surface area contributed by atoms with Gasteiger partial charge in [-0.25, -0.2) is 4.98 Å². The highest BCUT2D eigenvalue weighted by Gasteiger charge is 2.36. The molecule has 0 atom stereocenters. The van der Waals surface area contributed by atoms with Crippen LogP contribution in [0.25, 0.3) is 0 Å². The number of halogens is 3. The van der Waals surface area contributed by atoms with Crippen molar-refractivity contribution < 1.29 is 13.6 Å². The normalized spacial score (nSPS) is 11.2. The molecule has 6 heteroatoms. The largest absolute Gasteiger partial charge is 0.324 e. The van der Waals surface area contributed by atoms with Crippen molar-refractivity contribution in [3.63, 3.8) is 0 Å². The van der Waals surface area contributed by atoms with Gasteiger partial charge in [0.1, 0.15) is 5.15 Å². The molecule has 1 heterocycles. The van der Waals surface area contributed by atoms with E-state index in [9.17, 15) is 13.6 Å². The number of alkyl halides is 2. The van der Waals surface area contributed by atoms with Crippen molar-refractivity contribution in [1.82, 2.24) is 4.98 Å². The monoisotopic (exact) mass is 234 g/mol. The third-order valence-electron chi connectivity index (χ3n) is 1.76. The van der Waals surface area contributed by atoms with E-state index in [2.05, 4.69) is 10.3 Å². The molecular formula is C9H9ClF2N2O. The van der Waals surface area contributed by atoms with Gasteiger partial charge in [-0.3, -0.25) is 4.79 Å². The van der Waals surface area contributed by atoms with Gasteiger partial charge in [-0.2, -0.15) is 8.78 Å². The van der Waals surface area contributed by atoms with Crippen LogP contribution in [0.2, 0.25) is 5.15 Å². The maximum absolute atomic E-state index is 12.9. The van der Waals surface area contributed by atoms with Gasteiger partial charge in [0, 0.05) is 18.3 Å². The first-order valence-electron chi connectivity index (χ1n) is 4.26. The number of pyridine rings is 1. The molecule has 0 aliphatic rings. The molecule has 0 aromatic carbocycles. The van der Waals surface area contributed by atoms with Crippen LogP contribution in [-0.2, 0) is 4.79 Å². The predicted molar refractivity (Wildman–Crippen MR) is 53.1 cm³/mol. The van der Waals surface area contributed by atoms with Crippen LogP contribution < -0.4 is 5.32 Å². The molecule has 0 bridgehead atoms. The molecule has 0 fully saturated rings. The highest BCUT2D eigenvalue weighted by atomic mass is 35.5. The number of carbonyl (C=O) groups is 1. The molecule has 0 spiro atoms. The first kappa shape index (κ1) is 11.8. The molecule has 1 rings (SSSR count). The Kier molecular flexibility index (Phi) is 3.57. The number of aromatic nitrogens is 1. The lowest BCUT2D eigenvalue weighted by Gasteiger charge is -2.13. The molecule has 1 N–H and O–H groups in total. The summed E-state index contributed by atoms with van der Waals surface area (Å²) in [6, 6.07) is 2.68. The number of nitrogens with zero attached hydrogens (tertiary/aromatic N) is 1. The second kappa shape index (κ2) is 4.53. The number of anilines is 1. The average Bonchev–Trinajstić information content (AvgIpc) is 2.17. The van der Waals surface area contributed by atoms with E-state index in [1.807, 2.05) is 0 Å². The summed E-state index contributed by atoms with van der Waals surface area (Å²) in [5.41, 5.74) is 0.202. The van der Waals surface area contributed by atoms with Crippen LogP contribution in [0.5, 0.6) is 0 Å². The van der Waals surface area contributed by atoms with Crippen LogP contribution >= 0.6 is 11.6 Å². The first-order chi connectivity index (χ1) is 6.95. The zero-order chi connectivity index (χ0) is 11.5. The molecule has 0 unspecified atom stereocenters. The molecule has 15 heavy (non-hydrogen) atoms. The van der Waals surface area contributed by atoms with Crippen molar-refractivity contribution in [3.8, 4) is 0 Å². The Morgan fingerprint density at radius 2 is 2.33 bits per heavy atom. The minimum atomic E-state index is -3.37. The van der Waals surface area contributed by atoms with E-state index in [4.69, 9.17) is 11.6 Å². The lowest BCUT2D eigenvalue weighted by atomic mass is 10.2. The van der Waals surface area contributed by atoms with E-state index in [-0.39, 0.29) is 10.8 Å². The van der Waals surface area contributed by atoms with E-state index in [0.29, 0.717) is 0 Å². The Hall–Kier alpha value is -1.23. The van der Waals surface area contributed by atoms with Crippen LogP contribution in [0.1, 0.15) is 13.3 Å². The summed E-state index contributed by atoms with van der Waals surface area (Å²) in [6.45, 7) is 1.24. The zero-order valence-corrected chi connectivity index (χ0v) is 8.68. The van der Waals surface area contributed by atoms with Crippen LogP contribution in [0, 0.1) is 0 Å². The lowest BCUT2D eigenvalue weighted by molar-refractivity contribution is -0.139. The lowest BCUT2D eigenvalue weighted by Crippen LogP contribution is -2.33. The molecule has 0 aliphatic heterocycles. The Balaban J connectivity index is 2.75. The standard InChI is InChI=1S/C9H9ClF2N2O/c1-2-9(11,12)8(15)14-6-3-4-13-7(10)5-6/h3-5H,2H2,1H3,(H,13,14,15). The summed E-state index contributed by atoms with van der Waals surface area (Å²) >= 11 is 5.53. The average molecular weight is 235 g/mol. The van der Waals surface area contributed by atoms with Gasteiger partial charge in [0.15, 0.2) is 0 Å². The number of hydrogen-bond donors (Lipinski definition) is 1. The minimum Gasteiger partial charge on any atom is -0.321 e. The third kappa shape index (κ3) is 3.13. The smallest absolute Gasteiger partial charge is 0.321 e. The van der Waals surface area contributed by atoms with Gasteiger partial charge in [0.25, 0.3) is 5.91 Å². The Labute approximate surface area is 90.5 Å². The van der Waals surface area contributed by atoms with Crippen molar-refractivity contribution in [3.05, 3.63) is 23.5 Å². The second-order valence-electron chi connectivity index (χ2n) is 2.88. The maximum atomic E-state index is 12.9. The minimum absolute atomic E-state index is 0.132. The fourth-order valence-corrected chi connectivity index (χ4v) is 1.04. The SMILES string of the molecule is CCC(F)(F)C(=O)Nc1ccnc(Cl)c1. The molecule has 0 radical (unpaired) electrons. The zero-order valence-electron chi connectivity index (χ0n) is 7.93. The van der Waals surface area contributed by atoms with Crippen LogP contribution in [0.15, 0.2) is 18.3 Å². The Bertz CT molecular complexity index is 371. The van der Waals surface area contributed by atoms with Gasteiger partial charge < -0.3 is 5.32 Å². The Morgan fingerprint density at radius 3 is 2.87 bits per heavy atom. The maximum Gasteiger partial charge on any atom is 0.324 e. The number of rotatable bonds is 3. The fourth-order valence-electron chi connectivity index (χ4n) is 0.863. The molecule has 1 aromatic rings. The third-order valence-corrected chi connectivity index (χ3v) is 1.97. The molecular weight excluding hydrogens is 226 g/mol. The second-order valence-corrected chi connectivity index (χ2v) is 3.27. The predicted octanol–water partition coefficient (Wildman–Crippen LogP) is 2.72. The van der Waals surface area contributed by atoms with E-state index in [1.165, 1.54) is 25.3 Å². The van der Waals surface area contributed by atoms with Crippen molar-refractivity contribution >= 4 is 23.2 Å². The first-order valence-corrected chi connectivity index (χ1v) is 4.64. The Morgan fingerprint density at radius 1 is 1.67 bits per heavy atom. The van der Waals surface area contributed by atoms with Crippen LogP contribution in [0.3, 0.4) is 0 Å². The number of carbonyl (C=O) groups excluding carboxylic acids is 1. The quantitative estimate of drug-likeness (QED) is 0.817. The van der Waals surface area contributed by atoms with Gasteiger partial charge in [-0.1, -0.05) is 18.5 Å². The highest BCUT2D eigenvalue weighted by Crippen LogP contribution is 2.21. The summed E-state index contributed by atoms with van der Waals surface area (Å²) < 4.78 is 25.7. The molecule has 0 aliphatic carbocycles. The summed E-state index contributed by atoms with van der Waals surface area (Å²) in [7, 11) is 0.